The molecule has 4 rings (SSSR count). The molecule has 0 radical (unpaired) electrons. The van der Waals surface area contributed by atoms with E-state index in [9.17, 15) is 9.59 Å². The van der Waals surface area contributed by atoms with Crippen LogP contribution in [0.5, 0.6) is 5.75 Å². The highest BCUT2D eigenvalue weighted by atomic mass is 16.5. The Morgan fingerprint density at radius 1 is 0.933 bits per heavy atom. The van der Waals surface area contributed by atoms with Gasteiger partial charge in [-0.05, 0) is 68.0 Å². The molecule has 2 aliphatic rings. The van der Waals surface area contributed by atoms with Crippen LogP contribution in [-0.4, -0.2) is 36.4 Å². The van der Waals surface area contributed by atoms with E-state index in [-0.39, 0.29) is 11.8 Å². The maximum atomic E-state index is 13.6. The molecule has 5 heteroatoms. The summed E-state index contributed by atoms with van der Waals surface area (Å²) < 4.78 is 5.68. The van der Waals surface area contributed by atoms with Crippen molar-refractivity contribution in [3.63, 3.8) is 0 Å². The zero-order valence-electron chi connectivity index (χ0n) is 17.9. The maximum absolute atomic E-state index is 13.6. The van der Waals surface area contributed by atoms with E-state index in [0.717, 1.165) is 54.8 Å². The van der Waals surface area contributed by atoms with Crippen LogP contribution in [0.3, 0.4) is 0 Å². The summed E-state index contributed by atoms with van der Waals surface area (Å²) in [7, 11) is 0. The fraction of sp³-hybridized carbons (Fsp3) is 0.360. The van der Waals surface area contributed by atoms with Crippen molar-refractivity contribution >= 4 is 23.1 Å². The van der Waals surface area contributed by atoms with Crippen LogP contribution in [0.1, 0.15) is 42.9 Å². The lowest BCUT2D eigenvalue weighted by Crippen LogP contribution is -2.35. The first-order valence-electron chi connectivity index (χ1n) is 10.7. The third-order valence-corrected chi connectivity index (χ3v) is 5.91. The standard InChI is InChI=1S/C25H28N2O3/c1-4-16-30-20-12-10-19(11-13-20)22-23(26-14-5-6-15-26)25(29)27(24(22)28)21-9-7-8-17(2)18(21)3/h7-13H,4-6,14-16H2,1-3H3. The van der Waals surface area contributed by atoms with Gasteiger partial charge in [-0.15, -0.1) is 0 Å². The molecule has 1 saturated heterocycles. The quantitative estimate of drug-likeness (QED) is 0.667. The number of ether oxygens (including phenoxy) is 1. The predicted octanol–water partition coefficient (Wildman–Crippen LogP) is 4.47. The molecule has 0 N–H and O–H groups in total. The molecule has 0 saturated carbocycles. The summed E-state index contributed by atoms with van der Waals surface area (Å²) >= 11 is 0. The van der Waals surface area contributed by atoms with Gasteiger partial charge in [0.15, 0.2) is 0 Å². The van der Waals surface area contributed by atoms with Gasteiger partial charge in [-0.1, -0.05) is 31.2 Å². The fourth-order valence-corrected chi connectivity index (χ4v) is 4.15. The van der Waals surface area contributed by atoms with Gasteiger partial charge < -0.3 is 9.64 Å². The van der Waals surface area contributed by atoms with Crippen LogP contribution in [0.25, 0.3) is 5.57 Å². The van der Waals surface area contributed by atoms with E-state index in [1.807, 2.05) is 56.3 Å². The first-order chi connectivity index (χ1) is 14.5. The topological polar surface area (TPSA) is 49.9 Å². The summed E-state index contributed by atoms with van der Waals surface area (Å²) in [5.41, 5.74) is 4.45. The zero-order chi connectivity index (χ0) is 21.3. The molecular weight excluding hydrogens is 376 g/mol. The molecule has 0 bridgehead atoms. The van der Waals surface area contributed by atoms with Crippen LogP contribution < -0.4 is 9.64 Å². The van der Waals surface area contributed by atoms with Crippen LogP contribution in [0.2, 0.25) is 0 Å². The predicted molar refractivity (Wildman–Crippen MR) is 118 cm³/mol. The number of carbonyl (C=O) groups excluding carboxylic acids is 2. The monoisotopic (exact) mass is 404 g/mol. The summed E-state index contributed by atoms with van der Waals surface area (Å²) in [6, 6.07) is 13.3. The molecular formula is C25H28N2O3. The highest BCUT2D eigenvalue weighted by Crippen LogP contribution is 2.38. The van der Waals surface area contributed by atoms with E-state index >= 15 is 0 Å². The second-order valence-electron chi connectivity index (χ2n) is 7.96. The normalized spacial score (nSPS) is 16.8. The Kier molecular flexibility index (Phi) is 5.62. The molecule has 0 spiro atoms. The smallest absolute Gasteiger partial charge is 0.282 e. The third-order valence-electron chi connectivity index (χ3n) is 5.91. The van der Waals surface area contributed by atoms with Crippen molar-refractivity contribution in [1.82, 2.24) is 4.90 Å². The Hall–Kier alpha value is -3.08. The molecule has 0 aliphatic carbocycles. The number of likely N-dealkylation sites (tertiary alicyclic amines) is 1. The number of carbonyl (C=O) groups is 2. The number of hydrogen-bond donors (Lipinski definition) is 0. The molecule has 2 aromatic carbocycles. The number of rotatable bonds is 6. The highest BCUT2D eigenvalue weighted by molar-refractivity contribution is 6.45. The van der Waals surface area contributed by atoms with Crippen molar-refractivity contribution in [1.29, 1.82) is 0 Å². The molecule has 2 aromatic rings. The Morgan fingerprint density at radius 2 is 1.63 bits per heavy atom. The molecule has 1 fully saturated rings. The first kappa shape index (κ1) is 20.2. The van der Waals surface area contributed by atoms with E-state index in [1.54, 1.807) is 0 Å². The number of benzene rings is 2. The van der Waals surface area contributed by atoms with Crippen molar-refractivity contribution in [2.24, 2.45) is 0 Å². The van der Waals surface area contributed by atoms with Crippen molar-refractivity contribution in [3.05, 3.63) is 64.9 Å². The fourth-order valence-electron chi connectivity index (χ4n) is 4.15. The molecule has 2 amide bonds. The number of nitrogens with zero attached hydrogens (tertiary/aromatic N) is 2. The van der Waals surface area contributed by atoms with Crippen molar-refractivity contribution in [2.75, 3.05) is 24.6 Å². The Morgan fingerprint density at radius 3 is 2.30 bits per heavy atom. The van der Waals surface area contributed by atoms with E-state index in [1.165, 1.54) is 4.90 Å². The van der Waals surface area contributed by atoms with Crippen LogP contribution >= 0.6 is 0 Å². The van der Waals surface area contributed by atoms with E-state index in [2.05, 4.69) is 11.8 Å². The Labute approximate surface area is 177 Å². The Balaban J connectivity index is 1.77. The number of amides is 2. The second-order valence-corrected chi connectivity index (χ2v) is 7.96. The molecule has 30 heavy (non-hydrogen) atoms. The summed E-state index contributed by atoms with van der Waals surface area (Å²) in [5, 5.41) is 0. The third kappa shape index (κ3) is 3.49. The lowest BCUT2D eigenvalue weighted by Gasteiger charge is -2.21. The number of hydrogen-bond acceptors (Lipinski definition) is 4. The van der Waals surface area contributed by atoms with Gasteiger partial charge in [0.25, 0.3) is 11.8 Å². The maximum Gasteiger partial charge on any atom is 0.282 e. The largest absolute Gasteiger partial charge is 0.494 e. The molecule has 0 atom stereocenters. The summed E-state index contributed by atoms with van der Waals surface area (Å²) in [5.74, 6) is 0.293. The van der Waals surface area contributed by atoms with Gasteiger partial charge in [0.1, 0.15) is 11.4 Å². The lowest BCUT2D eigenvalue weighted by molar-refractivity contribution is -0.120. The molecule has 156 valence electrons. The summed E-state index contributed by atoms with van der Waals surface area (Å²) in [6.45, 7) is 8.27. The Bertz CT molecular complexity index is 1000. The minimum atomic E-state index is -0.252. The molecule has 0 aromatic heterocycles. The second kappa shape index (κ2) is 8.34. The van der Waals surface area contributed by atoms with E-state index in [4.69, 9.17) is 4.74 Å². The highest BCUT2D eigenvalue weighted by Gasteiger charge is 2.43. The van der Waals surface area contributed by atoms with Gasteiger partial charge in [0, 0.05) is 13.1 Å². The van der Waals surface area contributed by atoms with Gasteiger partial charge >= 0.3 is 0 Å². The SMILES string of the molecule is CCCOc1ccc(C2=C(N3CCCC3)C(=O)N(c3cccc(C)c3C)C2=O)cc1. The summed E-state index contributed by atoms with van der Waals surface area (Å²) in [6.07, 6.45) is 3.00. The van der Waals surface area contributed by atoms with Gasteiger partial charge in [-0.25, -0.2) is 4.90 Å². The average molecular weight is 405 g/mol. The molecule has 0 unspecified atom stereocenters. The summed E-state index contributed by atoms with van der Waals surface area (Å²) in [4.78, 5) is 30.6. The van der Waals surface area contributed by atoms with Gasteiger partial charge in [-0.2, -0.15) is 0 Å². The number of anilines is 1. The zero-order valence-corrected chi connectivity index (χ0v) is 17.9. The van der Waals surface area contributed by atoms with Crippen LogP contribution in [-0.2, 0) is 9.59 Å². The van der Waals surface area contributed by atoms with Crippen LogP contribution in [0.15, 0.2) is 48.2 Å². The van der Waals surface area contributed by atoms with Crippen molar-refractivity contribution < 1.29 is 14.3 Å². The van der Waals surface area contributed by atoms with Crippen LogP contribution in [0.4, 0.5) is 5.69 Å². The average Bonchev–Trinajstić information content (AvgIpc) is 3.36. The number of imide groups is 1. The van der Waals surface area contributed by atoms with Gasteiger partial charge in [0.2, 0.25) is 0 Å². The van der Waals surface area contributed by atoms with Crippen molar-refractivity contribution in [3.8, 4) is 5.75 Å². The molecule has 5 nitrogen and oxygen atoms in total. The van der Waals surface area contributed by atoms with E-state index in [0.29, 0.717) is 23.6 Å². The van der Waals surface area contributed by atoms with Crippen LogP contribution in [0, 0.1) is 13.8 Å². The van der Waals surface area contributed by atoms with Gasteiger partial charge in [-0.3, -0.25) is 9.59 Å². The van der Waals surface area contributed by atoms with Gasteiger partial charge in [0.05, 0.1) is 17.9 Å². The number of aryl methyl sites for hydroxylation is 1. The molecule has 2 heterocycles. The minimum absolute atomic E-state index is 0.225. The molecule has 2 aliphatic heterocycles. The minimum Gasteiger partial charge on any atom is -0.494 e. The first-order valence-corrected chi connectivity index (χ1v) is 10.7. The lowest BCUT2D eigenvalue weighted by atomic mass is 10.0. The van der Waals surface area contributed by atoms with Crippen molar-refractivity contribution in [2.45, 2.75) is 40.0 Å². The van der Waals surface area contributed by atoms with E-state index < -0.39 is 0 Å².